The number of rotatable bonds is 4. The van der Waals surface area contributed by atoms with Crippen LogP contribution in [0.1, 0.15) is 6.92 Å². The Labute approximate surface area is 81.3 Å². The van der Waals surface area contributed by atoms with Crippen molar-refractivity contribution in [1.29, 1.82) is 0 Å². The van der Waals surface area contributed by atoms with Gasteiger partial charge in [0.2, 0.25) is 5.91 Å². The fraction of sp³-hybridized carbons (Fsp3) is 0.714. The average molecular weight is 210 g/mol. The molecule has 0 heterocycles. The van der Waals surface area contributed by atoms with Crippen LogP contribution in [-0.4, -0.2) is 37.7 Å². The first kappa shape index (κ1) is 12.0. The lowest BCUT2D eigenvalue weighted by Gasteiger charge is -2.13. The van der Waals surface area contributed by atoms with Crippen molar-refractivity contribution in [3.05, 3.63) is 0 Å². The Hall–Kier alpha value is -0.970. The van der Waals surface area contributed by atoms with Gasteiger partial charge in [0, 0.05) is 6.92 Å². The maximum atomic E-state index is 10.6. The van der Waals surface area contributed by atoms with Crippen molar-refractivity contribution in [1.82, 2.24) is 5.32 Å². The molecule has 0 saturated carbocycles. The summed E-state index contributed by atoms with van der Waals surface area (Å²) in [6.45, 7) is 1.55. The van der Waals surface area contributed by atoms with E-state index in [-0.39, 0.29) is 18.3 Å². The average Bonchev–Trinajstić information content (AvgIpc) is 2.11. The molecule has 13 heavy (non-hydrogen) atoms. The third kappa shape index (κ3) is 6.21. The summed E-state index contributed by atoms with van der Waals surface area (Å²) in [5, 5.41) is 2.47. The van der Waals surface area contributed by atoms with Crippen molar-refractivity contribution in [2.24, 2.45) is 0 Å². The Kier molecular flexibility index (Phi) is 6.05. The van der Waals surface area contributed by atoms with Crippen LogP contribution in [0.5, 0.6) is 0 Å². The summed E-state index contributed by atoms with van der Waals surface area (Å²) in [4.78, 5) is 21.1. The second-order valence-electron chi connectivity index (χ2n) is 2.29. The highest BCUT2D eigenvalue weighted by Crippen LogP contribution is 1.96. The minimum absolute atomic E-state index is 0.107. The Morgan fingerprint density at radius 1 is 1.54 bits per heavy atom. The molecule has 1 atom stereocenters. The summed E-state index contributed by atoms with van der Waals surface area (Å²) >= 11 is 5.47. The fourth-order valence-corrected chi connectivity index (χ4v) is 0.742. The second kappa shape index (κ2) is 6.54. The van der Waals surface area contributed by atoms with Crippen LogP contribution in [0.25, 0.3) is 0 Å². The minimum Gasteiger partial charge on any atom is -0.438 e. The van der Waals surface area contributed by atoms with Crippen molar-refractivity contribution in [3.63, 3.8) is 0 Å². The quantitative estimate of drug-likeness (QED) is 0.541. The molecule has 1 unspecified atom stereocenters. The topological polar surface area (TPSA) is 64.6 Å². The number of carbonyl (C=O) groups excluding carboxylic acids is 2. The molecule has 0 aliphatic heterocycles. The minimum atomic E-state index is -0.809. The molecule has 0 rings (SSSR count). The first-order valence-electron chi connectivity index (χ1n) is 3.65. The molecule has 0 aliphatic rings. The maximum absolute atomic E-state index is 10.6. The summed E-state index contributed by atoms with van der Waals surface area (Å²) in [5.41, 5.74) is 0. The molecule has 1 amide bonds. The lowest BCUT2D eigenvalue weighted by Crippen LogP contribution is -2.34. The Morgan fingerprint density at radius 2 is 2.15 bits per heavy atom. The predicted molar refractivity (Wildman–Crippen MR) is 46.7 cm³/mol. The van der Waals surface area contributed by atoms with E-state index >= 15 is 0 Å². The fourth-order valence-electron chi connectivity index (χ4n) is 0.569. The van der Waals surface area contributed by atoms with Gasteiger partial charge in [-0.3, -0.25) is 4.79 Å². The van der Waals surface area contributed by atoms with Gasteiger partial charge in [0.15, 0.2) is 0 Å². The van der Waals surface area contributed by atoms with E-state index in [9.17, 15) is 9.59 Å². The summed E-state index contributed by atoms with van der Waals surface area (Å²) in [5.74, 6) is -0.0985. The highest BCUT2D eigenvalue weighted by atomic mass is 35.5. The van der Waals surface area contributed by atoms with Gasteiger partial charge in [-0.05, 0) is 0 Å². The molecule has 0 aliphatic carbocycles. The first-order chi connectivity index (χ1) is 6.10. The van der Waals surface area contributed by atoms with Crippen LogP contribution in [0.4, 0.5) is 4.79 Å². The van der Waals surface area contributed by atoms with Crippen LogP contribution < -0.4 is 5.32 Å². The predicted octanol–water partition coefficient (Wildman–Crippen LogP) is 0.513. The van der Waals surface area contributed by atoms with Gasteiger partial charge in [-0.15, -0.1) is 11.6 Å². The van der Waals surface area contributed by atoms with Gasteiger partial charge in [-0.2, -0.15) is 0 Å². The van der Waals surface area contributed by atoms with Gasteiger partial charge in [-0.25, -0.2) is 4.79 Å². The number of halogens is 1. The van der Waals surface area contributed by atoms with Gasteiger partial charge in [0.05, 0.1) is 19.5 Å². The van der Waals surface area contributed by atoms with E-state index in [0.717, 1.165) is 0 Å². The van der Waals surface area contributed by atoms with Gasteiger partial charge < -0.3 is 14.8 Å². The molecule has 76 valence electrons. The van der Waals surface area contributed by atoms with Gasteiger partial charge >= 0.3 is 6.16 Å². The van der Waals surface area contributed by atoms with E-state index in [4.69, 9.17) is 16.3 Å². The summed E-state index contributed by atoms with van der Waals surface area (Å²) in [6, 6.07) is 0. The van der Waals surface area contributed by atoms with Crippen LogP contribution in [-0.2, 0) is 14.3 Å². The van der Waals surface area contributed by atoms with Crippen molar-refractivity contribution >= 4 is 23.7 Å². The van der Waals surface area contributed by atoms with Crippen LogP contribution >= 0.6 is 11.6 Å². The molecule has 0 aromatic carbocycles. The number of hydrogen-bond donors (Lipinski definition) is 1. The largest absolute Gasteiger partial charge is 0.508 e. The van der Waals surface area contributed by atoms with Gasteiger partial charge in [-0.1, -0.05) is 0 Å². The number of nitrogens with one attached hydrogen (secondary N) is 1. The molecule has 0 bridgehead atoms. The van der Waals surface area contributed by atoms with Crippen molar-refractivity contribution in [2.75, 3.05) is 19.5 Å². The zero-order valence-electron chi connectivity index (χ0n) is 7.50. The molecule has 0 spiro atoms. The first-order valence-corrected chi connectivity index (χ1v) is 4.18. The molecule has 0 radical (unpaired) electrons. The standard InChI is InChI=1S/C7H12ClNO4/c1-5(10)9-4-6(3-8)13-7(11)12-2/h6H,3-4H2,1-2H3,(H,9,10). The van der Waals surface area contributed by atoms with E-state index in [1.54, 1.807) is 0 Å². The van der Waals surface area contributed by atoms with Crippen LogP contribution in [0.3, 0.4) is 0 Å². The van der Waals surface area contributed by atoms with E-state index in [2.05, 4.69) is 10.1 Å². The van der Waals surface area contributed by atoms with E-state index in [1.165, 1.54) is 14.0 Å². The van der Waals surface area contributed by atoms with Crippen molar-refractivity contribution in [3.8, 4) is 0 Å². The number of methoxy groups -OCH3 is 1. The maximum Gasteiger partial charge on any atom is 0.508 e. The summed E-state index contributed by atoms with van der Waals surface area (Å²) < 4.78 is 8.95. The highest BCUT2D eigenvalue weighted by molar-refractivity contribution is 6.18. The molecular weight excluding hydrogens is 198 g/mol. The summed E-state index contributed by atoms with van der Waals surface area (Å²) in [7, 11) is 1.20. The Morgan fingerprint density at radius 3 is 2.54 bits per heavy atom. The number of hydrogen-bond acceptors (Lipinski definition) is 4. The van der Waals surface area contributed by atoms with Gasteiger partial charge in [0.1, 0.15) is 6.10 Å². The zero-order valence-corrected chi connectivity index (χ0v) is 8.26. The third-order valence-corrected chi connectivity index (χ3v) is 1.52. The van der Waals surface area contributed by atoms with E-state index < -0.39 is 12.3 Å². The van der Waals surface area contributed by atoms with E-state index in [1.807, 2.05) is 0 Å². The third-order valence-electron chi connectivity index (χ3n) is 1.18. The molecule has 0 fully saturated rings. The number of carbonyl (C=O) groups is 2. The van der Waals surface area contributed by atoms with E-state index in [0.29, 0.717) is 0 Å². The lowest BCUT2D eigenvalue weighted by molar-refractivity contribution is -0.119. The number of alkyl halides is 1. The van der Waals surface area contributed by atoms with Crippen LogP contribution in [0.15, 0.2) is 0 Å². The Bertz CT molecular complexity index is 185. The molecule has 0 saturated heterocycles. The molecule has 6 heteroatoms. The molecule has 0 aromatic rings. The molecule has 5 nitrogen and oxygen atoms in total. The Balaban J connectivity index is 3.75. The van der Waals surface area contributed by atoms with Gasteiger partial charge in [0.25, 0.3) is 0 Å². The smallest absolute Gasteiger partial charge is 0.438 e. The molecule has 1 N–H and O–H groups in total. The molecular formula is C7H12ClNO4. The molecule has 0 aromatic heterocycles. The highest BCUT2D eigenvalue weighted by Gasteiger charge is 2.13. The monoisotopic (exact) mass is 209 g/mol. The lowest BCUT2D eigenvalue weighted by atomic mass is 10.4. The zero-order chi connectivity index (χ0) is 10.3. The van der Waals surface area contributed by atoms with Crippen molar-refractivity contribution < 1.29 is 19.1 Å². The van der Waals surface area contributed by atoms with Crippen LogP contribution in [0, 0.1) is 0 Å². The number of amides is 1. The normalized spacial score (nSPS) is 11.6. The van der Waals surface area contributed by atoms with Crippen molar-refractivity contribution in [2.45, 2.75) is 13.0 Å². The van der Waals surface area contributed by atoms with Crippen LogP contribution in [0.2, 0.25) is 0 Å². The second-order valence-corrected chi connectivity index (χ2v) is 2.59. The number of ether oxygens (including phenoxy) is 2. The SMILES string of the molecule is COC(=O)OC(CCl)CNC(C)=O. The summed E-state index contributed by atoms with van der Waals surface area (Å²) in [6.07, 6.45) is -1.37.